The Morgan fingerprint density at radius 1 is 0.484 bits per heavy atom. The number of aliphatic hydroxyl groups is 1. The van der Waals surface area contributed by atoms with Gasteiger partial charge in [0.05, 0.1) is 19.1 Å². The van der Waals surface area contributed by atoms with Crippen molar-refractivity contribution < 1.29 is 72.9 Å². The van der Waals surface area contributed by atoms with Gasteiger partial charge in [-0.2, -0.15) is 0 Å². The summed E-state index contributed by atoms with van der Waals surface area (Å²) in [5.74, 6) is -12.8. The van der Waals surface area contributed by atoms with Crippen LogP contribution >= 0.6 is 0 Å². The monoisotopic (exact) mass is 887 g/mol. The quantitative estimate of drug-likeness (QED) is 0.0308. The molecule has 62 heavy (non-hydrogen) atoms. The van der Waals surface area contributed by atoms with Crippen LogP contribution in [0.15, 0.2) is 0 Å². The van der Waals surface area contributed by atoms with E-state index in [1.807, 2.05) is 0 Å². The number of nitrogens with one attached hydrogen (secondary N) is 7. The van der Waals surface area contributed by atoms with Crippen molar-refractivity contribution >= 4 is 71.0 Å². The second-order valence-corrected chi connectivity index (χ2v) is 14.7. The van der Waals surface area contributed by atoms with E-state index in [0.717, 1.165) is 0 Å². The van der Waals surface area contributed by atoms with Crippen LogP contribution in [0.1, 0.15) is 91.9 Å². The highest BCUT2D eigenvalue weighted by Gasteiger charge is 2.34. The summed E-state index contributed by atoms with van der Waals surface area (Å²) in [7, 11) is 0. The zero-order chi connectivity index (χ0) is 47.9. The lowest BCUT2D eigenvalue weighted by Gasteiger charge is -2.27. The maximum Gasteiger partial charge on any atom is 0.303 e. The molecule has 0 aliphatic rings. The average molecular weight is 888 g/mol. The van der Waals surface area contributed by atoms with Crippen molar-refractivity contribution in [2.24, 2.45) is 28.9 Å². The highest BCUT2D eigenvalue weighted by atomic mass is 16.4. The molecule has 0 heterocycles. The fraction of sp³-hybridized carbons (Fsp3) is 0.667. The van der Waals surface area contributed by atoms with Crippen LogP contribution in [0.3, 0.4) is 0 Å². The summed E-state index contributed by atoms with van der Waals surface area (Å²) in [5.41, 5.74) is 21.2. The lowest BCUT2D eigenvalue weighted by Crippen LogP contribution is -2.60. The molecule has 0 bridgehead atoms. The van der Waals surface area contributed by atoms with E-state index >= 15 is 0 Å². The van der Waals surface area contributed by atoms with Crippen molar-refractivity contribution in [3.05, 3.63) is 0 Å². The molecule has 8 atom stereocenters. The molecule has 18 N–H and O–H groups in total. The third-order valence-corrected chi connectivity index (χ3v) is 8.78. The van der Waals surface area contributed by atoms with E-state index < -0.39 is 152 Å². The molecular weight excluding hydrogens is 826 g/mol. The van der Waals surface area contributed by atoms with Crippen molar-refractivity contribution in [2.75, 3.05) is 6.61 Å². The lowest BCUT2D eigenvalue weighted by atomic mass is 10.0. The highest BCUT2D eigenvalue weighted by Crippen LogP contribution is 2.09. The zero-order valence-electron chi connectivity index (χ0n) is 35.0. The normalized spacial score (nSPS) is 14.8. The lowest BCUT2D eigenvalue weighted by molar-refractivity contribution is -0.139. The molecule has 26 nitrogen and oxygen atoms in total. The van der Waals surface area contributed by atoms with Crippen molar-refractivity contribution in [2.45, 2.75) is 140 Å². The number of nitrogens with two attached hydrogens (primary N) is 4. The Morgan fingerprint density at radius 3 is 1.35 bits per heavy atom. The number of rotatable bonds is 31. The molecule has 0 radical (unpaired) electrons. The van der Waals surface area contributed by atoms with Crippen LogP contribution in [0.5, 0.6) is 0 Å². The van der Waals surface area contributed by atoms with Gasteiger partial charge < -0.3 is 75.5 Å². The van der Waals surface area contributed by atoms with Gasteiger partial charge in [-0.1, -0.05) is 27.2 Å². The maximum absolute atomic E-state index is 13.6. The van der Waals surface area contributed by atoms with Gasteiger partial charge in [0.25, 0.3) is 0 Å². The first kappa shape index (κ1) is 55.6. The summed E-state index contributed by atoms with van der Waals surface area (Å²) in [4.78, 5) is 149. The van der Waals surface area contributed by atoms with Crippen LogP contribution in [0, 0.1) is 5.92 Å². The smallest absolute Gasteiger partial charge is 0.303 e. The summed E-state index contributed by atoms with van der Waals surface area (Å²) in [6.07, 6.45) is -3.01. The summed E-state index contributed by atoms with van der Waals surface area (Å²) < 4.78 is 0. The number of carbonyl (C=O) groups excluding carboxylic acids is 10. The molecule has 0 aliphatic carbocycles. The van der Waals surface area contributed by atoms with E-state index in [2.05, 4.69) is 37.2 Å². The zero-order valence-corrected chi connectivity index (χ0v) is 35.0. The SMILES string of the molecule is CCC[C@H](NC(=O)[C@H](CCC(N)=O)NC(=O)[C@@H](N)CCC(=O)O)C(=O)N[C@@H](C)C(=O)N[C@@H](CCC(=O)O)C(=O)N[C@@H](CC(C)C)C(=O)N[C@@H](CO)C(=O)N[C@H](CC(N)=O)C(N)=O. The second kappa shape index (κ2) is 28.2. The predicted octanol–water partition coefficient (Wildman–Crippen LogP) is -6.08. The topological polar surface area (TPSA) is 454 Å². The minimum absolute atomic E-state index is 0.00136. The van der Waals surface area contributed by atoms with Gasteiger partial charge in [0.2, 0.25) is 59.1 Å². The number of amides is 10. The molecule has 26 heteroatoms. The Bertz CT molecular complexity index is 1640. The number of aliphatic carboxylic acids is 2. The third-order valence-electron chi connectivity index (χ3n) is 8.78. The van der Waals surface area contributed by atoms with Crippen LogP contribution < -0.4 is 60.2 Å². The average Bonchev–Trinajstić information content (AvgIpc) is 3.17. The van der Waals surface area contributed by atoms with Gasteiger partial charge >= 0.3 is 11.9 Å². The third kappa shape index (κ3) is 22.2. The molecule has 0 saturated carbocycles. The molecule has 0 spiro atoms. The first-order valence-electron chi connectivity index (χ1n) is 19.6. The van der Waals surface area contributed by atoms with Gasteiger partial charge in [-0.25, -0.2) is 0 Å². The molecule has 10 amide bonds. The van der Waals surface area contributed by atoms with Gasteiger partial charge in [-0.3, -0.25) is 57.5 Å². The summed E-state index contributed by atoms with van der Waals surface area (Å²) >= 11 is 0. The van der Waals surface area contributed by atoms with Crippen LogP contribution in [0.25, 0.3) is 0 Å². The number of carboxylic acid groups (broad SMARTS) is 2. The van der Waals surface area contributed by atoms with E-state index in [4.69, 9.17) is 28.0 Å². The summed E-state index contributed by atoms with van der Waals surface area (Å²) in [6, 6.07) is -11.9. The Balaban J connectivity index is 6.09. The van der Waals surface area contributed by atoms with Gasteiger partial charge in [0, 0.05) is 19.3 Å². The van der Waals surface area contributed by atoms with Crippen molar-refractivity contribution in [1.82, 2.24) is 37.2 Å². The number of carbonyl (C=O) groups is 12. The summed E-state index contributed by atoms with van der Waals surface area (Å²) in [6.45, 7) is 5.21. The molecule has 350 valence electrons. The van der Waals surface area contributed by atoms with Gasteiger partial charge in [-0.15, -0.1) is 0 Å². The number of hydrogen-bond acceptors (Lipinski definition) is 14. The van der Waals surface area contributed by atoms with Crippen LogP contribution in [0.2, 0.25) is 0 Å². The molecular formula is C36H61N11O15. The Labute approximate surface area is 356 Å². The standard InChI is InChI=1S/C36H61N11O15/c1-5-6-19(44-33(59)20(8-10-25(38)49)43-31(57)18(37)7-11-27(51)52)32(58)41-17(4)30(56)42-21(9-12-28(53)54)34(60)46-23(13-16(2)3)35(61)47-24(15-48)36(62)45-22(29(40)55)14-26(39)50/h16-24,48H,5-15,37H2,1-4H3,(H2,38,49)(H2,39,50)(H2,40,55)(H,41,58)(H,42,56)(H,43,57)(H,44,59)(H,45,62)(H,46,60)(H,47,61)(H,51,52)(H,53,54)/t17-,18-,19-,20-,21-,22+,23-,24-/m0/s1. The van der Waals surface area contributed by atoms with Gasteiger partial charge in [0.15, 0.2) is 0 Å². The number of primary amides is 3. The molecule has 0 fully saturated rings. The molecule has 0 aliphatic heterocycles. The molecule has 0 aromatic heterocycles. The van der Waals surface area contributed by atoms with E-state index in [0.29, 0.717) is 6.42 Å². The van der Waals surface area contributed by atoms with Crippen LogP contribution in [-0.4, -0.2) is 141 Å². The Kier molecular flexibility index (Phi) is 25.2. The van der Waals surface area contributed by atoms with E-state index in [1.165, 1.54) is 6.92 Å². The summed E-state index contributed by atoms with van der Waals surface area (Å²) in [5, 5.41) is 44.2. The number of aliphatic hydroxyl groups excluding tert-OH is 1. The minimum atomic E-state index is -1.72. The van der Waals surface area contributed by atoms with Crippen molar-refractivity contribution in [3.8, 4) is 0 Å². The fourth-order valence-electron chi connectivity index (χ4n) is 5.42. The Hall–Kier alpha value is -6.44. The molecule has 0 aromatic carbocycles. The first-order chi connectivity index (χ1) is 28.8. The molecule has 0 aromatic rings. The fourth-order valence-corrected chi connectivity index (χ4v) is 5.42. The number of hydrogen-bond donors (Lipinski definition) is 14. The maximum atomic E-state index is 13.6. The van der Waals surface area contributed by atoms with E-state index in [1.54, 1.807) is 20.8 Å². The molecule has 0 saturated heterocycles. The second-order valence-electron chi connectivity index (χ2n) is 14.7. The minimum Gasteiger partial charge on any atom is -0.481 e. The van der Waals surface area contributed by atoms with Crippen molar-refractivity contribution in [3.63, 3.8) is 0 Å². The first-order valence-corrected chi connectivity index (χ1v) is 19.6. The number of carboxylic acids is 2. The highest BCUT2D eigenvalue weighted by molar-refractivity contribution is 5.98. The molecule has 0 unspecified atom stereocenters. The van der Waals surface area contributed by atoms with Crippen LogP contribution in [-0.2, 0) is 57.5 Å². The largest absolute Gasteiger partial charge is 0.481 e. The van der Waals surface area contributed by atoms with Gasteiger partial charge in [-0.05, 0) is 44.9 Å². The van der Waals surface area contributed by atoms with Crippen molar-refractivity contribution in [1.29, 1.82) is 0 Å². The predicted molar refractivity (Wildman–Crippen MR) is 214 cm³/mol. The Morgan fingerprint density at radius 2 is 0.887 bits per heavy atom. The van der Waals surface area contributed by atoms with Gasteiger partial charge in [0.1, 0.15) is 42.3 Å². The van der Waals surface area contributed by atoms with E-state index in [9.17, 15) is 67.7 Å². The molecule has 0 rings (SSSR count). The van der Waals surface area contributed by atoms with Crippen LogP contribution in [0.4, 0.5) is 0 Å². The van der Waals surface area contributed by atoms with E-state index in [-0.39, 0.29) is 38.0 Å².